The zero-order chi connectivity index (χ0) is 13.8. The van der Waals surface area contributed by atoms with Gasteiger partial charge in [0.15, 0.2) is 0 Å². The summed E-state index contributed by atoms with van der Waals surface area (Å²) in [4.78, 5) is 12.1. The molecule has 0 aliphatic carbocycles. The summed E-state index contributed by atoms with van der Waals surface area (Å²) >= 11 is 7.50. The van der Waals surface area contributed by atoms with E-state index in [4.69, 9.17) is 11.6 Å². The van der Waals surface area contributed by atoms with E-state index in [0.717, 1.165) is 15.7 Å². The summed E-state index contributed by atoms with van der Waals surface area (Å²) in [6.45, 7) is 3.58. The Bertz CT molecular complexity index is 565. The normalized spacial score (nSPS) is 11.9. The van der Waals surface area contributed by atoms with Gasteiger partial charge in [0.05, 0.1) is 10.4 Å². The molecule has 0 saturated heterocycles. The van der Waals surface area contributed by atoms with E-state index in [1.165, 1.54) is 11.8 Å². The Morgan fingerprint density at radius 3 is 2.32 bits per heavy atom. The molecule has 2 N–H and O–H groups in total. The van der Waals surface area contributed by atoms with Crippen LogP contribution in [0.1, 0.15) is 24.8 Å². The second-order valence-electron chi connectivity index (χ2n) is 4.27. The number of carbonyl (C=O) groups excluding carboxylic acids is 1. The molecule has 0 saturated carbocycles. The molecule has 0 radical (unpaired) electrons. The van der Waals surface area contributed by atoms with Crippen LogP contribution in [0.3, 0.4) is 0 Å². The number of amides is 1. The van der Waals surface area contributed by atoms with E-state index in [2.05, 4.69) is 17.6 Å². The Morgan fingerprint density at radius 2 is 1.79 bits per heavy atom. The molecule has 1 unspecified atom stereocenters. The summed E-state index contributed by atoms with van der Waals surface area (Å²) in [5.41, 5.74) is 1.80. The Hall–Kier alpha value is -1.52. The zero-order valence-electron chi connectivity index (χ0n) is 10.7. The summed E-state index contributed by atoms with van der Waals surface area (Å²) in [5.74, 6) is -0.0673. The highest BCUT2D eigenvalue weighted by Gasteiger charge is 2.08. The molecule has 0 bridgehead atoms. The molecule has 2 rings (SSSR count). The average Bonchev–Trinajstić information content (AvgIpc) is 2.78. The van der Waals surface area contributed by atoms with Crippen molar-refractivity contribution in [3.63, 3.8) is 0 Å². The lowest BCUT2D eigenvalue weighted by Gasteiger charge is -2.14. The van der Waals surface area contributed by atoms with Crippen molar-refractivity contribution in [1.29, 1.82) is 0 Å². The van der Waals surface area contributed by atoms with Gasteiger partial charge in [-0.25, -0.2) is 0 Å². The van der Waals surface area contributed by atoms with E-state index in [9.17, 15) is 4.79 Å². The number of anilines is 2. The van der Waals surface area contributed by atoms with Crippen LogP contribution >= 0.6 is 22.9 Å². The molecule has 0 fully saturated rings. The number of hydrogen-bond acceptors (Lipinski definition) is 3. The van der Waals surface area contributed by atoms with Crippen molar-refractivity contribution in [3.8, 4) is 0 Å². The summed E-state index contributed by atoms with van der Waals surface area (Å²) in [6, 6.07) is 11.8. The van der Waals surface area contributed by atoms with Crippen molar-refractivity contribution in [2.75, 3.05) is 10.6 Å². The van der Waals surface area contributed by atoms with Crippen LogP contribution in [-0.4, -0.2) is 5.91 Å². The maximum atomic E-state index is 10.9. The van der Waals surface area contributed by atoms with E-state index in [0.29, 0.717) is 0 Å². The van der Waals surface area contributed by atoms with E-state index in [-0.39, 0.29) is 11.9 Å². The Labute approximate surface area is 121 Å². The fourth-order valence-electron chi connectivity index (χ4n) is 1.74. The van der Waals surface area contributed by atoms with E-state index in [1.807, 2.05) is 36.4 Å². The molecule has 100 valence electrons. The predicted molar refractivity (Wildman–Crippen MR) is 82.1 cm³/mol. The molecule has 1 amide bonds. The maximum absolute atomic E-state index is 10.9. The van der Waals surface area contributed by atoms with Gasteiger partial charge in [0.1, 0.15) is 0 Å². The molecular weight excluding hydrogens is 280 g/mol. The molecule has 1 aromatic carbocycles. The molecule has 3 nitrogen and oxygen atoms in total. The van der Waals surface area contributed by atoms with Gasteiger partial charge in [-0.1, -0.05) is 11.6 Å². The van der Waals surface area contributed by atoms with Gasteiger partial charge in [-0.2, -0.15) is 0 Å². The zero-order valence-corrected chi connectivity index (χ0v) is 12.3. The highest BCUT2D eigenvalue weighted by Crippen LogP contribution is 2.29. The van der Waals surface area contributed by atoms with Crippen LogP contribution in [0.2, 0.25) is 4.34 Å². The van der Waals surface area contributed by atoms with Gasteiger partial charge >= 0.3 is 0 Å². The van der Waals surface area contributed by atoms with Crippen molar-refractivity contribution in [2.24, 2.45) is 0 Å². The minimum Gasteiger partial charge on any atom is -0.378 e. The van der Waals surface area contributed by atoms with E-state index >= 15 is 0 Å². The van der Waals surface area contributed by atoms with Gasteiger partial charge < -0.3 is 10.6 Å². The summed E-state index contributed by atoms with van der Waals surface area (Å²) in [7, 11) is 0. The van der Waals surface area contributed by atoms with Gasteiger partial charge in [0, 0.05) is 23.2 Å². The number of hydrogen-bond donors (Lipinski definition) is 2. The van der Waals surface area contributed by atoms with Crippen molar-refractivity contribution in [2.45, 2.75) is 19.9 Å². The van der Waals surface area contributed by atoms with Gasteiger partial charge in [-0.15, -0.1) is 11.3 Å². The first-order chi connectivity index (χ1) is 9.04. The van der Waals surface area contributed by atoms with Crippen LogP contribution in [-0.2, 0) is 4.79 Å². The molecule has 0 aliphatic rings. The fourth-order valence-corrected chi connectivity index (χ4v) is 2.80. The highest BCUT2D eigenvalue weighted by atomic mass is 35.5. The molecule has 1 atom stereocenters. The largest absolute Gasteiger partial charge is 0.378 e. The van der Waals surface area contributed by atoms with Crippen LogP contribution in [0.25, 0.3) is 0 Å². The van der Waals surface area contributed by atoms with Crippen LogP contribution in [0.15, 0.2) is 36.4 Å². The van der Waals surface area contributed by atoms with Gasteiger partial charge in [-0.3, -0.25) is 4.79 Å². The van der Waals surface area contributed by atoms with E-state index < -0.39 is 0 Å². The van der Waals surface area contributed by atoms with Crippen LogP contribution in [0.5, 0.6) is 0 Å². The van der Waals surface area contributed by atoms with Crippen LogP contribution in [0, 0.1) is 0 Å². The number of halogens is 1. The van der Waals surface area contributed by atoms with Crippen molar-refractivity contribution >= 4 is 40.2 Å². The smallest absolute Gasteiger partial charge is 0.221 e. The van der Waals surface area contributed by atoms with Gasteiger partial charge in [0.25, 0.3) is 0 Å². The third-order valence-corrected chi connectivity index (χ3v) is 4.02. The standard InChI is InChI=1S/C14H15ClN2OS/c1-9(13-7-8-14(15)19-13)16-11-3-5-12(6-4-11)17-10(2)18/h3-9,16H,1-2H3,(H,17,18). The number of thiophene rings is 1. The average molecular weight is 295 g/mol. The molecular formula is C14H15ClN2OS. The lowest BCUT2D eigenvalue weighted by atomic mass is 10.2. The van der Waals surface area contributed by atoms with Crippen molar-refractivity contribution < 1.29 is 4.79 Å². The molecule has 5 heteroatoms. The monoisotopic (exact) mass is 294 g/mol. The third kappa shape index (κ3) is 3.98. The Balaban J connectivity index is 2.01. The second kappa shape index (κ2) is 6.08. The Kier molecular flexibility index (Phi) is 4.45. The fraction of sp³-hybridized carbons (Fsp3) is 0.214. The van der Waals surface area contributed by atoms with Gasteiger partial charge in [0.2, 0.25) is 5.91 Å². The summed E-state index contributed by atoms with van der Waals surface area (Å²) in [6.07, 6.45) is 0. The second-order valence-corrected chi connectivity index (χ2v) is 6.01. The van der Waals surface area contributed by atoms with Crippen LogP contribution < -0.4 is 10.6 Å². The lowest BCUT2D eigenvalue weighted by molar-refractivity contribution is -0.114. The number of benzene rings is 1. The van der Waals surface area contributed by atoms with Crippen LogP contribution in [0.4, 0.5) is 11.4 Å². The molecule has 1 aromatic heterocycles. The summed E-state index contributed by atoms with van der Waals surface area (Å²) < 4.78 is 0.796. The molecule has 1 heterocycles. The first kappa shape index (κ1) is 13.9. The topological polar surface area (TPSA) is 41.1 Å². The minimum atomic E-state index is -0.0673. The summed E-state index contributed by atoms with van der Waals surface area (Å²) in [5, 5.41) is 6.13. The molecule has 0 spiro atoms. The van der Waals surface area contributed by atoms with Gasteiger partial charge in [-0.05, 0) is 43.3 Å². The SMILES string of the molecule is CC(=O)Nc1ccc(NC(C)c2ccc(Cl)s2)cc1. The lowest BCUT2D eigenvalue weighted by Crippen LogP contribution is -2.07. The first-order valence-corrected chi connectivity index (χ1v) is 7.13. The third-order valence-electron chi connectivity index (χ3n) is 2.61. The Morgan fingerprint density at radius 1 is 1.16 bits per heavy atom. The molecule has 2 aromatic rings. The van der Waals surface area contributed by atoms with E-state index in [1.54, 1.807) is 11.3 Å². The maximum Gasteiger partial charge on any atom is 0.221 e. The number of rotatable bonds is 4. The van der Waals surface area contributed by atoms with Crippen molar-refractivity contribution in [1.82, 2.24) is 0 Å². The number of nitrogens with one attached hydrogen (secondary N) is 2. The molecule has 0 aliphatic heterocycles. The molecule has 19 heavy (non-hydrogen) atoms. The predicted octanol–water partition coefficient (Wildman–Crippen LogP) is 4.53. The van der Waals surface area contributed by atoms with Crippen molar-refractivity contribution in [3.05, 3.63) is 45.6 Å². The quantitative estimate of drug-likeness (QED) is 0.869. The number of carbonyl (C=O) groups is 1. The first-order valence-electron chi connectivity index (χ1n) is 5.94. The minimum absolute atomic E-state index is 0.0673. The highest BCUT2D eigenvalue weighted by molar-refractivity contribution is 7.16.